The molecule has 0 N–H and O–H groups in total. The van der Waals surface area contributed by atoms with Crippen LogP contribution >= 0.6 is 23.2 Å². The molecule has 7 heavy (non-hydrogen) atoms. The minimum Gasteiger partial charge on any atom is -0.399 e. The zero-order valence-corrected chi connectivity index (χ0v) is 5.08. The average Bonchev–Trinajstić information content (AvgIpc) is 1.69. The summed E-state index contributed by atoms with van der Waals surface area (Å²) in [5.74, 6) is 0. The molecule has 0 aromatic heterocycles. The molecule has 5 heteroatoms. The van der Waals surface area contributed by atoms with Gasteiger partial charge in [-0.3, -0.25) is 0 Å². The Morgan fingerprint density at radius 1 is 1.14 bits per heavy atom. The summed E-state index contributed by atoms with van der Waals surface area (Å²) in [4.78, 5) is 0. The van der Waals surface area contributed by atoms with Crippen molar-refractivity contribution in [2.75, 3.05) is 12.1 Å². The third kappa shape index (κ3) is 6.56. The van der Waals surface area contributed by atoms with Crippen LogP contribution in [0.25, 0.3) is 0 Å². The van der Waals surface area contributed by atoms with Gasteiger partial charge in [-0.15, -0.1) is 0 Å². The van der Waals surface area contributed by atoms with E-state index in [-0.39, 0.29) is 12.1 Å². The fraction of sp³-hybridized carbons (Fsp3) is 1.00. The topological polar surface area (TPSA) is 18.5 Å². The van der Waals surface area contributed by atoms with Crippen LogP contribution in [0.15, 0.2) is 0 Å². The second-order valence-electron chi connectivity index (χ2n) is 0.648. The zero-order chi connectivity index (χ0) is 5.54. The van der Waals surface area contributed by atoms with Gasteiger partial charge in [0.25, 0.3) is 0 Å². The number of alkyl halides is 2. The first-order chi connectivity index (χ1) is 3.41. The van der Waals surface area contributed by atoms with E-state index in [4.69, 9.17) is 23.2 Å². The lowest BCUT2D eigenvalue weighted by molar-refractivity contribution is 0.284. The van der Waals surface area contributed by atoms with Gasteiger partial charge in [-0.05, 0) is 0 Å². The Kier molecular flexibility index (Phi) is 7.09. The quantitative estimate of drug-likeness (QED) is 0.330. The van der Waals surface area contributed by atoms with Crippen molar-refractivity contribution in [3.05, 3.63) is 0 Å². The van der Waals surface area contributed by atoms with Gasteiger partial charge in [0.05, 0.1) is 0 Å². The maximum absolute atomic E-state index is 5.06. The molecule has 0 rings (SSSR count). The average molecular weight is 142 g/mol. The molecular formula is C2H4BCl2O2. The van der Waals surface area contributed by atoms with Crippen LogP contribution in [0.1, 0.15) is 0 Å². The third-order valence-electron chi connectivity index (χ3n) is 0.262. The normalized spacial score (nSPS) is 8.86. The lowest BCUT2D eigenvalue weighted by atomic mass is 10.4. The molecule has 2 nitrogen and oxygen atoms in total. The molecule has 1 radical (unpaired) electrons. The summed E-state index contributed by atoms with van der Waals surface area (Å²) in [5, 5.41) is 0. The molecule has 41 valence electrons. The maximum Gasteiger partial charge on any atom is 0.489 e. The van der Waals surface area contributed by atoms with Gasteiger partial charge in [-0.2, -0.15) is 0 Å². The molecule has 0 atom stereocenters. The van der Waals surface area contributed by atoms with Crippen LogP contribution in [0.3, 0.4) is 0 Å². The predicted octanol–water partition coefficient (Wildman–Crippen LogP) is 0.946. The van der Waals surface area contributed by atoms with Crippen molar-refractivity contribution in [2.24, 2.45) is 0 Å². The Bertz CT molecular complexity index is 32.9. The molecule has 0 saturated heterocycles. The first-order valence-electron chi connectivity index (χ1n) is 1.58. The summed E-state index contributed by atoms with van der Waals surface area (Å²) < 4.78 is 8.82. The van der Waals surface area contributed by atoms with E-state index in [9.17, 15) is 0 Å². The number of hydrogen-bond donors (Lipinski definition) is 0. The molecule has 0 aromatic rings. The Balaban J connectivity index is 2.45. The van der Waals surface area contributed by atoms with Gasteiger partial charge in [-0.25, -0.2) is 0 Å². The standard InChI is InChI=1S/C2H4BCl2O2/c4-1-6-3-7-2-5/h1-2H2. The summed E-state index contributed by atoms with van der Waals surface area (Å²) in [6.07, 6.45) is 0. The first-order valence-corrected chi connectivity index (χ1v) is 2.65. The van der Waals surface area contributed by atoms with Crippen LogP contribution in [-0.4, -0.2) is 19.8 Å². The van der Waals surface area contributed by atoms with Crippen molar-refractivity contribution >= 4 is 30.9 Å². The molecule has 0 fully saturated rings. The number of halogens is 2. The van der Waals surface area contributed by atoms with E-state index in [1.807, 2.05) is 0 Å². The van der Waals surface area contributed by atoms with Crippen LogP contribution in [0.2, 0.25) is 0 Å². The number of hydrogen-bond acceptors (Lipinski definition) is 2. The van der Waals surface area contributed by atoms with Crippen molar-refractivity contribution in [2.45, 2.75) is 0 Å². The largest absolute Gasteiger partial charge is 0.489 e. The third-order valence-corrected chi connectivity index (χ3v) is 0.514. The fourth-order valence-electron chi connectivity index (χ4n) is 0.0995. The van der Waals surface area contributed by atoms with E-state index in [2.05, 4.69) is 9.31 Å². The summed E-state index contributed by atoms with van der Waals surface area (Å²) >= 11 is 10.1. The molecule has 0 unspecified atom stereocenters. The summed E-state index contributed by atoms with van der Waals surface area (Å²) in [6, 6.07) is 0.188. The molecule has 0 aliphatic carbocycles. The van der Waals surface area contributed by atoms with Crippen LogP contribution in [0.5, 0.6) is 0 Å². The fourth-order valence-corrected chi connectivity index (χ4v) is 0.202. The van der Waals surface area contributed by atoms with Gasteiger partial charge in [0.15, 0.2) is 0 Å². The number of rotatable bonds is 4. The van der Waals surface area contributed by atoms with Gasteiger partial charge in [0.2, 0.25) is 0 Å². The van der Waals surface area contributed by atoms with Gasteiger partial charge >= 0.3 is 7.69 Å². The SMILES string of the molecule is ClCO[B]OCCl. The monoisotopic (exact) mass is 141 g/mol. The molecule has 0 heterocycles. The van der Waals surface area contributed by atoms with Crippen molar-refractivity contribution in [1.82, 2.24) is 0 Å². The van der Waals surface area contributed by atoms with Gasteiger partial charge in [0, 0.05) is 0 Å². The Labute approximate surface area is 53.0 Å². The van der Waals surface area contributed by atoms with Crippen LogP contribution in [0.4, 0.5) is 0 Å². The molecule has 0 amide bonds. The van der Waals surface area contributed by atoms with E-state index in [1.165, 1.54) is 0 Å². The molecule has 0 aliphatic heterocycles. The molecule has 0 aromatic carbocycles. The summed E-state index contributed by atoms with van der Waals surface area (Å²) in [7, 11) is 1.10. The minimum atomic E-state index is 0.0941. The molecule has 0 spiro atoms. The van der Waals surface area contributed by atoms with Crippen LogP contribution in [-0.2, 0) is 9.31 Å². The molecular weight excluding hydrogens is 138 g/mol. The lowest BCUT2D eigenvalue weighted by Crippen LogP contribution is -2.00. The summed E-state index contributed by atoms with van der Waals surface area (Å²) in [5.41, 5.74) is 0. The maximum atomic E-state index is 5.06. The van der Waals surface area contributed by atoms with Crippen molar-refractivity contribution in [3.8, 4) is 0 Å². The van der Waals surface area contributed by atoms with Crippen molar-refractivity contribution < 1.29 is 9.31 Å². The molecule has 0 aliphatic rings. The lowest BCUT2D eigenvalue weighted by Gasteiger charge is -1.91. The molecule has 0 bridgehead atoms. The second-order valence-corrected chi connectivity index (χ2v) is 1.08. The van der Waals surface area contributed by atoms with E-state index >= 15 is 0 Å². The van der Waals surface area contributed by atoms with Crippen LogP contribution in [0, 0.1) is 0 Å². The highest BCUT2D eigenvalue weighted by Crippen LogP contribution is 1.79. The minimum absolute atomic E-state index is 0.0941. The highest BCUT2D eigenvalue weighted by Gasteiger charge is 1.86. The smallest absolute Gasteiger partial charge is 0.399 e. The van der Waals surface area contributed by atoms with E-state index in [0.29, 0.717) is 0 Å². The predicted molar refractivity (Wildman–Crippen MR) is 29.4 cm³/mol. The first kappa shape index (κ1) is 7.56. The second kappa shape index (κ2) is 6.56. The molecule has 0 saturated carbocycles. The van der Waals surface area contributed by atoms with Crippen molar-refractivity contribution in [1.29, 1.82) is 0 Å². The highest BCUT2D eigenvalue weighted by atomic mass is 35.5. The van der Waals surface area contributed by atoms with Gasteiger partial charge in [0.1, 0.15) is 12.1 Å². The zero-order valence-electron chi connectivity index (χ0n) is 3.56. The van der Waals surface area contributed by atoms with E-state index < -0.39 is 0 Å². The van der Waals surface area contributed by atoms with Gasteiger partial charge in [-0.1, -0.05) is 23.2 Å². The van der Waals surface area contributed by atoms with E-state index in [0.717, 1.165) is 7.69 Å². The van der Waals surface area contributed by atoms with E-state index in [1.54, 1.807) is 0 Å². The Morgan fingerprint density at radius 3 is 1.86 bits per heavy atom. The Morgan fingerprint density at radius 2 is 1.57 bits per heavy atom. The van der Waals surface area contributed by atoms with Gasteiger partial charge < -0.3 is 9.31 Å². The Hall–Kier alpha value is 0.565. The van der Waals surface area contributed by atoms with Crippen molar-refractivity contribution in [3.63, 3.8) is 0 Å². The highest BCUT2D eigenvalue weighted by molar-refractivity contribution is 6.25. The summed E-state index contributed by atoms with van der Waals surface area (Å²) in [6.45, 7) is 0. The van der Waals surface area contributed by atoms with Crippen LogP contribution < -0.4 is 0 Å².